The van der Waals surface area contributed by atoms with Crippen LogP contribution < -0.4 is 5.32 Å². The number of nitrogens with one attached hydrogen (secondary N) is 1. The van der Waals surface area contributed by atoms with Crippen LogP contribution in [0.5, 0.6) is 0 Å². The number of carbonyl (C=O) groups is 1. The van der Waals surface area contributed by atoms with Crippen LogP contribution in [0.25, 0.3) is 0 Å². The summed E-state index contributed by atoms with van der Waals surface area (Å²) in [4.78, 5) is 18.4. The molecule has 104 valence electrons. The Hall–Kier alpha value is -2.09. The first kappa shape index (κ1) is 14.3. The number of aromatic nitrogens is 2. The van der Waals surface area contributed by atoms with Gasteiger partial charge in [-0.25, -0.2) is 23.5 Å². The summed E-state index contributed by atoms with van der Waals surface area (Å²) < 4.78 is 26.9. The molecule has 2 rings (SSSR count). The highest BCUT2D eigenvalue weighted by molar-refractivity contribution is 9.10. The summed E-state index contributed by atoms with van der Waals surface area (Å²) in [7, 11) is 0. The van der Waals surface area contributed by atoms with Crippen LogP contribution >= 0.6 is 15.9 Å². The van der Waals surface area contributed by atoms with Crippen LogP contribution in [0.2, 0.25) is 0 Å². The van der Waals surface area contributed by atoms with Gasteiger partial charge in [-0.2, -0.15) is 0 Å². The molecule has 5 nitrogen and oxygen atoms in total. The molecular formula is C12H8BrF2N3O2. The van der Waals surface area contributed by atoms with Gasteiger partial charge in [0.25, 0.3) is 0 Å². The van der Waals surface area contributed by atoms with Crippen LogP contribution in [0.1, 0.15) is 16.1 Å². The lowest BCUT2D eigenvalue weighted by molar-refractivity contribution is 0.0694. The van der Waals surface area contributed by atoms with Crippen LogP contribution in [0, 0.1) is 11.6 Å². The lowest BCUT2D eigenvalue weighted by atomic mass is 10.2. The van der Waals surface area contributed by atoms with Crippen LogP contribution in [0.15, 0.2) is 29.1 Å². The fourth-order valence-corrected chi connectivity index (χ4v) is 1.83. The van der Waals surface area contributed by atoms with Gasteiger partial charge >= 0.3 is 5.97 Å². The van der Waals surface area contributed by atoms with Crippen molar-refractivity contribution in [3.8, 4) is 0 Å². The molecule has 0 aliphatic rings. The predicted octanol–water partition coefficient (Wildman–Crippen LogP) is 2.83. The maximum absolute atomic E-state index is 13.6. The Kier molecular flexibility index (Phi) is 4.23. The number of hydrogen-bond donors (Lipinski definition) is 2. The van der Waals surface area contributed by atoms with Crippen molar-refractivity contribution in [3.05, 3.63) is 52.0 Å². The van der Waals surface area contributed by atoms with Crippen LogP contribution in [-0.4, -0.2) is 21.0 Å². The van der Waals surface area contributed by atoms with Gasteiger partial charge in [-0.1, -0.05) is 0 Å². The Bertz CT molecular complexity index is 667. The van der Waals surface area contributed by atoms with Crippen molar-refractivity contribution in [2.24, 2.45) is 0 Å². The zero-order valence-electron chi connectivity index (χ0n) is 9.90. The van der Waals surface area contributed by atoms with E-state index < -0.39 is 17.6 Å². The molecule has 0 atom stereocenters. The van der Waals surface area contributed by atoms with Gasteiger partial charge in [-0.15, -0.1) is 0 Å². The molecule has 0 spiro atoms. The first-order chi connectivity index (χ1) is 9.49. The number of carboxylic acids is 1. The summed E-state index contributed by atoms with van der Waals surface area (Å²) >= 11 is 2.87. The molecule has 0 radical (unpaired) electrons. The summed E-state index contributed by atoms with van der Waals surface area (Å²) in [5.41, 5.74) is -0.00568. The Morgan fingerprint density at radius 1 is 1.35 bits per heavy atom. The highest BCUT2D eigenvalue weighted by Crippen LogP contribution is 2.23. The second kappa shape index (κ2) is 5.91. The molecule has 0 saturated heterocycles. The van der Waals surface area contributed by atoms with E-state index in [4.69, 9.17) is 5.11 Å². The summed E-state index contributed by atoms with van der Waals surface area (Å²) in [5, 5.41) is 11.6. The van der Waals surface area contributed by atoms with Crippen molar-refractivity contribution < 1.29 is 18.7 Å². The molecule has 1 heterocycles. The van der Waals surface area contributed by atoms with Crippen molar-refractivity contribution in [2.45, 2.75) is 6.54 Å². The minimum Gasteiger partial charge on any atom is -0.478 e. The lowest BCUT2D eigenvalue weighted by Crippen LogP contribution is -2.10. The summed E-state index contributed by atoms with van der Waals surface area (Å²) in [6, 6.07) is 1.96. The third kappa shape index (κ3) is 3.08. The maximum atomic E-state index is 13.6. The highest BCUT2D eigenvalue weighted by Gasteiger charge is 2.13. The lowest BCUT2D eigenvalue weighted by Gasteiger charge is -2.09. The Labute approximate surface area is 120 Å². The van der Waals surface area contributed by atoms with E-state index >= 15 is 0 Å². The first-order valence-electron chi connectivity index (χ1n) is 5.39. The van der Waals surface area contributed by atoms with Gasteiger partial charge in [-0.3, -0.25) is 0 Å². The van der Waals surface area contributed by atoms with Crippen molar-refractivity contribution in [2.75, 3.05) is 5.32 Å². The predicted molar refractivity (Wildman–Crippen MR) is 70.4 cm³/mol. The fraction of sp³-hybridized carbons (Fsp3) is 0.0833. The molecule has 0 saturated carbocycles. The highest BCUT2D eigenvalue weighted by atomic mass is 79.9. The van der Waals surface area contributed by atoms with Crippen LogP contribution in [0.3, 0.4) is 0 Å². The second-order valence-electron chi connectivity index (χ2n) is 3.79. The topological polar surface area (TPSA) is 75.1 Å². The number of nitrogens with zero attached hydrogens (tertiary/aromatic N) is 2. The molecule has 20 heavy (non-hydrogen) atoms. The van der Waals surface area contributed by atoms with Crippen molar-refractivity contribution in [1.82, 2.24) is 9.97 Å². The molecule has 0 fully saturated rings. The van der Waals surface area contributed by atoms with Gasteiger partial charge in [0.1, 0.15) is 23.5 Å². The number of benzene rings is 1. The molecule has 1 aromatic heterocycles. The monoisotopic (exact) mass is 343 g/mol. The van der Waals surface area contributed by atoms with Gasteiger partial charge in [0, 0.05) is 12.3 Å². The summed E-state index contributed by atoms with van der Waals surface area (Å²) in [6.45, 7) is -0.0673. The zero-order valence-corrected chi connectivity index (χ0v) is 11.5. The van der Waals surface area contributed by atoms with Gasteiger partial charge < -0.3 is 10.4 Å². The van der Waals surface area contributed by atoms with Gasteiger partial charge in [-0.05, 0) is 22.0 Å². The number of halogens is 3. The standard InChI is InChI=1S/C12H8BrF2N3O2/c13-7-1-9(15)10(2-8(7)14)17-4-11-6(12(19)20)3-16-5-18-11/h1-3,5,17H,4H2,(H,19,20). The van der Waals surface area contributed by atoms with E-state index in [9.17, 15) is 13.6 Å². The second-order valence-corrected chi connectivity index (χ2v) is 4.64. The molecule has 0 unspecified atom stereocenters. The smallest absolute Gasteiger partial charge is 0.339 e. The Morgan fingerprint density at radius 3 is 2.80 bits per heavy atom. The molecule has 0 amide bonds. The normalized spacial score (nSPS) is 10.3. The Morgan fingerprint density at radius 2 is 2.10 bits per heavy atom. The minimum absolute atomic E-state index is 0.00816. The average Bonchev–Trinajstić information content (AvgIpc) is 2.41. The number of rotatable bonds is 4. The molecule has 2 N–H and O–H groups in total. The maximum Gasteiger partial charge on any atom is 0.339 e. The summed E-state index contributed by atoms with van der Waals surface area (Å²) in [6.07, 6.45) is 2.33. The number of aromatic carboxylic acids is 1. The molecule has 8 heteroatoms. The van der Waals surface area contributed by atoms with E-state index in [1.54, 1.807) is 0 Å². The summed E-state index contributed by atoms with van der Waals surface area (Å²) in [5.74, 6) is -2.48. The van der Waals surface area contributed by atoms with E-state index in [2.05, 4.69) is 31.2 Å². The van der Waals surface area contributed by atoms with Crippen LogP contribution in [-0.2, 0) is 6.54 Å². The quantitative estimate of drug-likeness (QED) is 0.835. The van der Waals surface area contributed by atoms with Gasteiger partial charge in [0.15, 0.2) is 0 Å². The number of carboxylic acid groups (broad SMARTS) is 1. The third-order valence-corrected chi connectivity index (χ3v) is 3.09. The van der Waals surface area contributed by atoms with E-state index in [0.717, 1.165) is 18.3 Å². The average molecular weight is 344 g/mol. The van der Waals surface area contributed by atoms with E-state index in [1.807, 2.05) is 0 Å². The number of anilines is 1. The molecule has 2 aromatic rings. The van der Waals surface area contributed by atoms with Crippen molar-refractivity contribution >= 4 is 27.6 Å². The Balaban J connectivity index is 2.21. The van der Waals surface area contributed by atoms with Crippen molar-refractivity contribution in [1.29, 1.82) is 0 Å². The van der Waals surface area contributed by atoms with Crippen molar-refractivity contribution in [3.63, 3.8) is 0 Å². The van der Waals surface area contributed by atoms with E-state index in [1.165, 1.54) is 6.33 Å². The SMILES string of the molecule is O=C(O)c1cncnc1CNc1cc(F)c(Br)cc1F. The third-order valence-electron chi connectivity index (χ3n) is 2.48. The molecule has 0 bridgehead atoms. The van der Waals surface area contributed by atoms with E-state index in [0.29, 0.717) is 0 Å². The zero-order chi connectivity index (χ0) is 14.7. The molecule has 0 aliphatic heterocycles. The minimum atomic E-state index is -1.19. The van der Waals surface area contributed by atoms with Crippen LogP contribution in [0.4, 0.5) is 14.5 Å². The molecular weight excluding hydrogens is 336 g/mol. The number of hydrogen-bond acceptors (Lipinski definition) is 4. The van der Waals surface area contributed by atoms with E-state index in [-0.39, 0.29) is 28.0 Å². The fourth-order valence-electron chi connectivity index (χ4n) is 1.51. The van der Waals surface area contributed by atoms with Gasteiger partial charge in [0.2, 0.25) is 0 Å². The molecule has 0 aliphatic carbocycles. The largest absolute Gasteiger partial charge is 0.478 e. The first-order valence-corrected chi connectivity index (χ1v) is 6.19. The molecule has 1 aromatic carbocycles. The van der Waals surface area contributed by atoms with Gasteiger partial charge in [0.05, 0.1) is 22.4 Å².